The summed E-state index contributed by atoms with van der Waals surface area (Å²) >= 11 is 0. The van der Waals surface area contributed by atoms with Crippen LogP contribution in [0.1, 0.15) is 65.2 Å². The fraction of sp³-hybridized carbons (Fsp3) is 0.850. The highest BCUT2D eigenvalue weighted by Gasteiger charge is 2.49. The first-order valence-corrected chi connectivity index (χ1v) is 10.2. The Kier molecular flexibility index (Phi) is 5.57. The lowest BCUT2D eigenvalue weighted by Gasteiger charge is -2.34. The Hall–Kier alpha value is -1.91. The van der Waals surface area contributed by atoms with Gasteiger partial charge in [0.15, 0.2) is 0 Å². The highest BCUT2D eigenvalue weighted by molar-refractivity contribution is 5.88. The number of amides is 3. The Morgan fingerprint density at radius 3 is 2.39 bits per heavy atom. The van der Waals surface area contributed by atoms with Gasteiger partial charge in [0, 0.05) is 25.9 Å². The number of nitriles is 1. The third-order valence-corrected chi connectivity index (χ3v) is 6.06. The van der Waals surface area contributed by atoms with Crippen molar-refractivity contribution in [2.75, 3.05) is 13.1 Å². The smallest absolute Gasteiger partial charge is 0.318 e. The van der Waals surface area contributed by atoms with Crippen LogP contribution in [0.25, 0.3) is 0 Å². The van der Waals surface area contributed by atoms with E-state index in [1.807, 2.05) is 6.07 Å². The van der Waals surface area contributed by atoms with Crippen molar-refractivity contribution in [2.24, 2.45) is 11.3 Å². The van der Waals surface area contributed by atoms with E-state index in [2.05, 4.69) is 10.6 Å². The number of alkyl halides is 2. The van der Waals surface area contributed by atoms with Crippen LogP contribution in [0.2, 0.25) is 0 Å². The number of piperidine rings is 1. The fourth-order valence-corrected chi connectivity index (χ4v) is 4.11. The Morgan fingerprint density at radius 2 is 1.86 bits per heavy atom. The van der Waals surface area contributed by atoms with Crippen molar-refractivity contribution in [3.63, 3.8) is 0 Å². The van der Waals surface area contributed by atoms with Gasteiger partial charge in [0.05, 0.1) is 6.07 Å². The van der Waals surface area contributed by atoms with Gasteiger partial charge in [-0.1, -0.05) is 13.8 Å². The molecule has 1 heterocycles. The second kappa shape index (κ2) is 7.49. The molecule has 1 spiro atoms. The third-order valence-electron chi connectivity index (χ3n) is 6.06. The number of rotatable bonds is 7. The highest BCUT2D eigenvalue weighted by atomic mass is 19.3. The van der Waals surface area contributed by atoms with Crippen molar-refractivity contribution < 1.29 is 18.4 Å². The second-order valence-electron chi connectivity index (χ2n) is 9.37. The summed E-state index contributed by atoms with van der Waals surface area (Å²) in [6.07, 6.45) is 4.07. The molecule has 1 atom stereocenters. The number of carbonyl (C=O) groups is 2. The molecule has 0 aromatic rings. The largest absolute Gasteiger partial charge is 0.336 e. The molecule has 28 heavy (non-hydrogen) atoms. The van der Waals surface area contributed by atoms with E-state index in [0.717, 1.165) is 25.7 Å². The molecule has 0 aromatic carbocycles. The van der Waals surface area contributed by atoms with Gasteiger partial charge in [0.2, 0.25) is 5.91 Å². The minimum atomic E-state index is -3.08. The molecule has 156 valence electrons. The number of nitrogens with zero attached hydrogens (tertiary/aromatic N) is 2. The van der Waals surface area contributed by atoms with Crippen LogP contribution in [0.15, 0.2) is 0 Å². The lowest BCUT2D eigenvalue weighted by atomic mass is 9.95. The number of nitrogens with one attached hydrogen (secondary N) is 2. The standard InChI is InChI=1S/C20H30F2N4O2/c1-14(2)10-20(21,22)11-15(16(27)25-19(12-23)7-8-19)24-17(28)26-9-3-4-18(13-26)5-6-18/h14-15H,3-11,13H2,1-2H3,(H,24,28)(H,25,27)/t15-/m0/s1. The molecule has 3 aliphatic rings. The van der Waals surface area contributed by atoms with Gasteiger partial charge >= 0.3 is 6.03 Å². The van der Waals surface area contributed by atoms with E-state index in [1.165, 1.54) is 0 Å². The first-order chi connectivity index (χ1) is 13.1. The molecule has 2 saturated carbocycles. The normalized spacial score (nSPS) is 23.1. The van der Waals surface area contributed by atoms with Crippen LogP contribution in [0.4, 0.5) is 13.6 Å². The molecule has 1 saturated heterocycles. The topological polar surface area (TPSA) is 85.2 Å². The molecular formula is C20H30F2N4O2. The number of urea groups is 1. The van der Waals surface area contributed by atoms with Crippen LogP contribution in [0.5, 0.6) is 0 Å². The maximum Gasteiger partial charge on any atom is 0.318 e. The van der Waals surface area contributed by atoms with E-state index >= 15 is 0 Å². The summed E-state index contributed by atoms with van der Waals surface area (Å²) in [5.41, 5.74) is -0.760. The van der Waals surface area contributed by atoms with E-state index in [1.54, 1.807) is 18.7 Å². The van der Waals surface area contributed by atoms with Crippen LogP contribution in [0.3, 0.4) is 0 Å². The predicted octanol–water partition coefficient (Wildman–Crippen LogP) is 3.18. The molecule has 2 N–H and O–H groups in total. The zero-order valence-electron chi connectivity index (χ0n) is 16.7. The average molecular weight is 396 g/mol. The molecule has 6 nitrogen and oxygen atoms in total. The SMILES string of the molecule is CC(C)CC(F)(F)C[C@H](NC(=O)N1CCCC2(CC2)C1)C(=O)NC1(C#N)CC1. The van der Waals surface area contributed by atoms with Crippen molar-refractivity contribution in [1.82, 2.24) is 15.5 Å². The molecule has 3 rings (SSSR count). The molecule has 0 aromatic heterocycles. The summed E-state index contributed by atoms with van der Waals surface area (Å²) in [4.78, 5) is 27.0. The van der Waals surface area contributed by atoms with Gasteiger partial charge in [-0.15, -0.1) is 0 Å². The summed E-state index contributed by atoms with van der Waals surface area (Å²) in [5, 5.41) is 14.3. The first kappa shape index (κ1) is 20.8. The molecular weight excluding hydrogens is 366 g/mol. The summed E-state index contributed by atoms with van der Waals surface area (Å²) in [7, 11) is 0. The minimum Gasteiger partial charge on any atom is -0.336 e. The van der Waals surface area contributed by atoms with E-state index in [9.17, 15) is 23.6 Å². The van der Waals surface area contributed by atoms with Gasteiger partial charge in [0.25, 0.3) is 5.92 Å². The van der Waals surface area contributed by atoms with Gasteiger partial charge in [-0.05, 0) is 49.9 Å². The average Bonchev–Trinajstić information content (AvgIpc) is 3.52. The Bertz CT molecular complexity index is 666. The summed E-state index contributed by atoms with van der Waals surface area (Å²) in [6, 6.07) is 0.205. The number of hydrogen-bond acceptors (Lipinski definition) is 3. The van der Waals surface area contributed by atoms with Gasteiger partial charge in [0.1, 0.15) is 11.6 Å². The second-order valence-corrected chi connectivity index (χ2v) is 9.37. The highest BCUT2D eigenvalue weighted by Crippen LogP contribution is 2.52. The lowest BCUT2D eigenvalue weighted by molar-refractivity contribution is -0.127. The van der Waals surface area contributed by atoms with Crippen LogP contribution in [0, 0.1) is 22.7 Å². The summed E-state index contributed by atoms with van der Waals surface area (Å²) in [5.74, 6) is -4.01. The fourth-order valence-electron chi connectivity index (χ4n) is 4.11. The van der Waals surface area contributed by atoms with Gasteiger partial charge in [-0.3, -0.25) is 4.79 Å². The number of hydrogen-bond donors (Lipinski definition) is 2. The molecule has 1 aliphatic heterocycles. The van der Waals surface area contributed by atoms with Crippen molar-refractivity contribution in [3.05, 3.63) is 0 Å². The van der Waals surface area contributed by atoms with Crippen molar-refractivity contribution >= 4 is 11.9 Å². The maximum atomic E-state index is 14.4. The molecule has 0 radical (unpaired) electrons. The van der Waals surface area contributed by atoms with Gasteiger partial charge < -0.3 is 15.5 Å². The quantitative estimate of drug-likeness (QED) is 0.693. The van der Waals surface area contributed by atoms with Crippen molar-refractivity contribution in [1.29, 1.82) is 5.26 Å². The molecule has 3 amide bonds. The van der Waals surface area contributed by atoms with Crippen LogP contribution < -0.4 is 10.6 Å². The van der Waals surface area contributed by atoms with E-state index in [0.29, 0.717) is 25.9 Å². The zero-order chi connectivity index (χ0) is 20.6. The third kappa shape index (κ3) is 5.12. The van der Waals surface area contributed by atoms with E-state index < -0.39 is 35.9 Å². The zero-order valence-corrected chi connectivity index (χ0v) is 16.7. The lowest BCUT2D eigenvalue weighted by Crippen LogP contribution is -2.56. The van der Waals surface area contributed by atoms with Crippen LogP contribution in [-0.2, 0) is 4.79 Å². The molecule has 8 heteroatoms. The number of likely N-dealkylation sites (tertiary alicyclic amines) is 1. The number of halogens is 2. The predicted molar refractivity (Wildman–Crippen MR) is 99.5 cm³/mol. The summed E-state index contributed by atoms with van der Waals surface area (Å²) < 4.78 is 28.9. The minimum absolute atomic E-state index is 0.202. The van der Waals surface area contributed by atoms with Crippen LogP contribution >= 0.6 is 0 Å². The molecule has 3 fully saturated rings. The van der Waals surface area contributed by atoms with Gasteiger partial charge in [-0.2, -0.15) is 5.26 Å². The Labute approximate surface area is 165 Å². The van der Waals surface area contributed by atoms with E-state index in [4.69, 9.17) is 0 Å². The molecule has 2 aliphatic carbocycles. The Morgan fingerprint density at radius 1 is 1.18 bits per heavy atom. The summed E-state index contributed by atoms with van der Waals surface area (Å²) in [6.45, 7) is 4.59. The van der Waals surface area contributed by atoms with Crippen LogP contribution in [-0.4, -0.2) is 47.4 Å². The number of carbonyl (C=O) groups excluding carboxylic acids is 2. The van der Waals surface area contributed by atoms with Gasteiger partial charge in [-0.25, -0.2) is 13.6 Å². The first-order valence-electron chi connectivity index (χ1n) is 10.2. The Balaban J connectivity index is 1.67. The molecule has 0 unspecified atom stereocenters. The monoisotopic (exact) mass is 396 g/mol. The van der Waals surface area contributed by atoms with Crippen molar-refractivity contribution in [3.8, 4) is 6.07 Å². The molecule has 0 bridgehead atoms. The maximum absolute atomic E-state index is 14.4. The van der Waals surface area contributed by atoms with E-state index in [-0.39, 0.29) is 17.8 Å². The van der Waals surface area contributed by atoms with Crippen molar-refractivity contribution in [2.45, 2.75) is 82.7 Å².